The Morgan fingerprint density at radius 3 is 2.81 bits per heavy atom. The minimum atomic E-state index is -0.531. The summed E-state index contributed by atoms with van der Waals surface area (Å²) in [7, 11) is 2.06. The van der Waals surface area contributed by atoms with Gasteiger partial charge in [0.05, 0.1) is 0 Å². The van der Waals surface area contributed by atoms with Gasteiger partial charge < -0.3 is 24.3 Å². The minimum Gasteiger partial charge on any atom is -0.462 e. The van der Waals surface area contributed by atoms with Crippen molar-refractivity contribution >= 4 is 45.0 Å². The van der Waals surface area contributed by atoms with Crippen LogP contribution in [-0.2, 0) is 4.79 Å². The summed E-state index contributed by atoms with van der Waals surface area (Å²) in [5, 5.41) is 2.52. The van der Waals surface area contributed by atoms with Crippen molar-refractivity contribution in [2.45, 2.75) is 24.9 Å². The average molecular weight is 600 g/mol. The third kappa shape index (κ3) is 5.46. The number of rotatable bonds is 7. The van der Waals surface area contributed by atoms with Crippen LogP contribution in [-0.4, -0.2) is 89.1 Å². The van der Waals surface area contributed by atoms with Gasteiger partial charge in [-0.1, -0.05) is 36.4 Å². The molecule has 0 spiro atoms. The number of nitrogens with zero attached hydrogens (tertiary/aromatic N) is 7. The van der Waals surface area contributed by atoms with E-state index in [-0.39, 0.29) is 36.1 Å². The largest absolute Gasteiger partial charge is 0.462 e. The Hall–Kier alpha value is -4.33. The highest BCUT2D eigenvalue weighted by molar-refractivity contribution is 6.36. The molecule has 0 aliphatic carbocycles. The molecular weight excluding hydrogens is 569 g/mol. The summed E-state index contributed by atoms with van der Waals surface area (Å²) in [6, 6.07) is 8.94. The lowest BCUT2D eigenvalue weighted by molar-refractivity contribution is -0.128. The Bertz CT molecular complexity index is 1750. The SMILES string of the molecule is [C-]#[N+]C[C@H]1CN(c2nc(OC[C@@H]3CCCN3C)nc3c(F)c(-c4cncc5cccc(Cl)c45)ccc23)CCN1C(=O)C=C. The number of anilines is 1. The monoisotopic (exact) mass is 599 g/mol. The van der Waals surface area contributed by atoms with Crippen molar-refractivity contribution < 1.29 is 13.9 Å². The number of carbonyl (C=O) groups is 1. The van der Waals surface area contributed by atoms with Crippen molar-refractivity contribution in [3.8, 4) is 17.1 Å². The first-order valence-electron chi connectivity index (χ1n) is 14.3. The van der Waals surface area contributed by atoms with Gasteiger partial charge in [0.1, 0.15) is 24.0 Å². The molecule has 9 nitrogen and oxygen atoms in total. The molecule has 4 heterocycles. The quantitative estimate of drug-likeness (QED) is 0.213. The minimum absolute atomic E-state index is 0.0826. The van der Waals surface area contributed by atoms with Crippen LogP contribution >= 0.6 is 11.6 Å². The first-order chi connectivity index (χ1) is 20.9. The Morgan fingerprint density at radius 1 is 1.19 bits per heavy atom. The first-order valence-corrected chi connectivity index (χ1v) is 14.6. The molecular formula is C32H31ClFN7O2. The fraction of sp³-hybridized carbons (Fsp3) is 0.344. The van der Waals surface area contributed by atoms with E-state index in [2.05, 4.69) is 33.3 Å². The molecule has 0 unspecified atom stereocenters. The smallest absolute Gasteiger partial charge is 0.319 e. The number of aromatic nitrogens is 3. The molecule has 2 atom stereocenters. The van der Waals surface area contributed by atoms with Gasteiger partial charge in [0.15, 0.2) is 5.82 Å². The molecule has 43 heavy (non-hydrogen) atoms. The summed E-state index contributed by atoms with van der Waals surface area (Å²) in [6.07, 6.45) is 6.67. The van der Waals surface area contributed by atoms with Crippen LogP contribution in [0.2, 0.25) is 5.02 Å². The van der Waals surface area contributed by atoms with Crippen LogP contribution in [0.4, 0.5) is 10.2 Å². The van der Waals surface area contributed by atoms with Crippen LogP contribution < -0.4 is 9.64 Å². The molecule has 2 aromatic heterocycles. The topological polar surface area (TPSA) is 79.1 Å². The van der Waals surface area contributed by atoms with Gasteiger partial charge in [-0.25, -0.2) is 11.0 Å². The van der Waals surface area contributed by atoms with Crippen LogP contribution in [0.1, 0.15) is 12.8 Å². The number of ether oxygens (including phenoxy) is 1. The van der Waals surface area contributed by atoms with Gasteiger partial charge in [0, 0.05) is 70.4 Å². The number of halogens is 2. The lowest BCUT2D eigenvalue weighted by Crippen LogP contribution is -2.56. The van der Waals surface area contributed by atoms with Crippen LogP contribution in [0, 0.1) is 12.4 Å². The van der Waals surface area contributed by atoms with Crippen LogP contribution in [0.5, 0.6) is 6.01 Å². The van der Waals surface area contributed by atoms with E-state index in [0.717, 1.165) is 24.8 Å². The Labute approximate surface area is 254 Å². The molecule has 0 N–H and O–H groups in total. The van der Waals surface area contributed by atoms with E-state index in [1.54, 1.807) is 35.5 Å². The number of fused-ring (bicyclic) bond motifs is 2. The predicted octanol–water partition coefficient (Wildman–Crippen LogP) is 5.23. The van der Waals surface area contributed by atoms with Gasteiger partial charge in [-0.05, 0) is 44.6 Å². The molecule has 11 heteroatoms. The average Bonchev–Trinajstić information content (AvgIpc) is 3.44. The van der Waals surface area contributed by atoms with Crippen LogP contribution in [0.3, 0.4) is 0 Å². The van der Waals surface area contributed by atoms with Gasteiger partial charge in [-0.3, -0.25) is 9.78 Å². The third-order valence-corrected chi connectivity index (χ3v) is 8.72. The van der Waals surface area contributed by atoms with Crippen molar-refractivity contribution in [2.75, 3.05) is 51.3 Å². The number of pyridine rings is 1. The Morgan fingerprint density at radius 2 is 2.05 bits per heavy atom. The standard InChI is InChI=1S/C32H31ClFN7O2/c1-4-27(42)41-14-13-40(18-22(41)16-35-2)31-24-11-10-23(25-17-36-15-20-7-5-9-26(33)28(20)25)29(34)30(24)37-32(38-31)43-19-21-8-6-12-39(21)3/h4-5,7,9-11,15,17,21-22H,1,6,8,12-14,16,18-19H2,3H3/t21-,22-/m0/s1. The zero-order valence-corrected chi connectivity index (χ0v) is 24.6. The maximum absolute atomic E-state index is 16.6. The molecule has 6 rings (SSSR count). The molecule has 2 saturated heterocycles. The molecule has 0 saturated carbocycles. The maximum atomic E-state index is 16.6. The second kappa shape index (κ2) is 12.1. The molecule has 2 aromatic carbocycles. The maximum Gasteiger partial charge on any atom is 0.319 e. The van der Waals surface area contributed by atoms with Crippen molar-refractivity contribution in [3.63, 3.8) is 0 Å². The van der Waals surface area contributed by atoms with Gasteiger partial charge >= 0.3 is 6.01 Å². The van der Waals surface area contributed by atoms with E-state index < -0.39 is 5.82 Å². The molecule has 0 bridgehead atoms. The Kier molecular flexibility index (Phi) is 8.10. The zero-order chi connectivity index (χ0) is 30.1. The number of piperazine rings is 1. The zero-order valence-electron chi connectivity index (χ0n) is 23.8. The number of amides is 1. The number of likely N-dealkylation sites (N-methyl/N-ethyl adjacent to an activating group) is 1. The van der Waals surface area contributed by atoms with Gasteiger partial charge in [0.2, 0.25) is 12.5 Å². The van der Waals surface area contributed by atoms with E-state index in [1.165, 1.54) is 6.08 Å². The highest BCUT2D eigenvalue weighted by Gasteiger charge is 2.33. The summed E-state index contributed by atoms with van der Waals surface area (Å²) in [6.45, 7) is 13.7. The third-order valence-electron chi connectivity index (χ3n) is 8.41. The predicted molar refractivity (Wildman–Crippen MR) is 166 cm³/mol. The molecule has 0 radical (unpaired) electrons. The second-order valence-corrected chi connectivity index (χ2v) is 11.3. The van der Waals surface area contributed by atoms with Crippen molar-refractivity contribution in [2.24, 2.45) is 0 Å². The molecule has 1 amide bonds. The summed E-state index contributed by atoms with van der Waals surface area (Å²) in [5.74, 6) is -0.250. The first kappa shape index (κ1) is 28.8. The second-order valence-electron chi connectivity index (χ2n) is 10.9. The molecule has 4 aromatic rings. The number of likely N-dealkylation sites (tertiary alicyclic amines) is 1. The summed E-state index contributed by atoms with van der Waals surface area (Å²) >= 11 is 6.57. The fourth-order valence-electron chi connectivity index (χ4n) is 6.11. The van der Waals surface area contributed by atoms with Crippen molar-refractivity contribution in [3.05, 3.63) is 77.6 Å². The molecule has 220 valence electrons. The van der Waals surface area contributed by atoms with Gasteiger partial charge in [-0.15, -0.1) is 0 Å². The van der Waals surface area contributed by atoms with Gasteiger partial charge in [-0.2, -0.15) is 9.97 Å². The summed E-state index contributed by atoms with van der Waals surface area (Å²) in [4.78, 5) is 35.6. The van der Waals surface area contributed by atoms with E-state index in [4.69, 9.17) is 27.9 Å². The number of benzene rings is 2. The number of hydrogen-bond donors (Lipinski definition) is 0. The normalized spacial score (nSPS) is 19.1. The van der Waals surface area contributed by atoms with E-state index in [1.807, 2.05) is 17.0 Å². The summed E-state index contributed by atoms with van der Waals surface area (Å²) in [5.41, 5.74) is 0.996. The number of hydrogen-bond acceptors (Lipinski definition) is 7. The van der Waals surface area contributed by atoms with Crippen molar-refractivity contribution in [1.29, 1.82) is 0 Å². The van der Waals surface area contributed by atoms with E-state index in [9.17, 15) is 4.79 Å². The molecule has 2 aliphatic rings. The molecule has 2 aliphatic heterocycles. The lowest BCUT2D eigenvalue weighted by Gasteiger charge is -2.39. The van der Waals surface area contributed by atoms with Crippen LogP contribution in [0.15, 0.2) is 55.4 Å². The highest BCUT2D eigenvalue weighted by atomic mass is 35.5. The molecule has 2 fully saturated rings. The van der Waals surface area contributed by atoms with E-state index in [0.29, 0.717) is 59.0 Å². The fourth-order valence-corrected chi connectivity index (χ4v) is 6.39. The highest BCUT2D eigenvalue weighted by Crippen LogP contribution is 2.38. The Balaban J connectivity index is 1.46. The lowest BCUT2D eigenvalue weighted by atomic mass is 9.99. The van der Waals surface area contributed by atoms with Crippen molar-refractivity contribution in [1.82, 2.24) is 24.8 Å². The van der Waals surface area contributed by atoms with Gasteiger partial charge in [0.25, 0.3) is 0 Å². The van der Waals surface area contributed by atoms with Crippen LogP contribution in [0.25, 0.3) is 37.6 Å². The summed E-state index contributed by atoms with van der Waals surface area (Å²) < 4.78 is 22.7. The number of carbonyl (C=O) groups excluding carboxylic acids is 1. The van der Waals surface area contributed by atoms with E-state index >= 15 is 4.39 Å².